The van der Waals surface area contributed by atoms with E-state index >= 15 is 0 Å². The third kappa shape index (κ3) is 5.07. The number of nitrogens with zero attached hydrogens (tertiary/aromatic N) is 2. The number of halogens is 1. The maximum Gasteiger partial charge on any atom is 0.488 e. The highest BCUT2D eigenvalue weighted by Gasteiger charge is 2.24. The number of aromatic amines is 1. The number of nitrogens with one attached hydrogen (secondary N) is 2. The Kier molecular flexibility index (Phi) is 7.01. The Hall–Kier alpha value is -4.20. The van der Waals surface area contributed by atoms with Crippen molar-refractivity contribution < 1.29 is 16.5 Å². The van der Waals surface area contributed by atoms with Crippen LogP contribution in [-0.4, -0.2) is 36.0 Å². The quantitative estimate of drug-likeness (QED) is 0.196. The Balaban J connectivity index is 1.69. The van der Waals surface area contributed by atoms with Crippen LogP contribution in [0.3, 0.4) is 0 Å². The predicted octanol–water partition coefficient (Wildman–Crippen LogP) is 5.54. The number of rotatable bonds is 7. The molecule has 0 amide bonds. The summed E-state index contributed by atoms with van der Waals surface area (Å²) < 4.78 is 42.3. The zero-order valence-corrected chi connectivity index (χ0v) is 23.4. The first kappa shape index (κ1) is 27.0. The van der Waals surface area contributed by atoms with Crippen molar-refractivity contribution in [3.05, 3.63) is 70.1 Å². The molecule has 5 aromatic rings. The Morgan fingerprint density at radius 1 is 1.15 bits per heavy atom. The summed E-state index contributed by atoms with van der Waals surface area (Å²) in [6.45, 7) is 3.79. The number of aromatic nitrogens is 3. The van der Waals surface area contributed by atoms with Gasteiger partial charge in [0.1, 0.15) is 5.65 Å². The van der Waals surface area contributed by atoms with E-state index in [1.54, 1.807) is 6.20 Å². The van der Waals surface area contributed by atoms with Gasteiger partial charge in [0.2, 0.25) is 0 Å². The molecule has 2 N–H and O–H groups in total. The van der Waals surface area contributed by atoms with Crippen molar-refractivity contribution in [2.45, 2.75) is 45.1 Å². The fourth-order valence-corrected chi connectivity index (χ4v) is 6.29. The number of piperidine rings is 1. The Morgan fingerprint density at radius 3 is 2.68 bits per heavy atom. The van der Waals surface area contributed by atoms with E-state index in [9.17, 15) is 17.1 Å². The lowest BCUT2D eigenvalue weighted by Crippen LogP contribution is -2.30. The molecule has 0 saturated carbocycles. The largest absolute Gasteiger partial charge is 0.488 e. The number of H-pyrrole nitrogens is 1. The standard InChI is InChI=1S/C31H29FN4O4S/c1-3-5-6-20-15-26-28(16-25(20)21-14-23(18-34-17-21)40-41(32,38)39)36(22-9-11-33-12-10-22)31-29(30(26)37)24-8-7-19(4-2)13-27(24)35-31/h2,7-8,13-18,22,33,35H,3,5-6,9-12H2,1H3. The third-order valence-corrected chi connectivity index (χ3v) is 8.22. The smallest absolute Gasteiger partial charge is 0.357 e. The molecule has 4 heterocycles. The molecule has 1 aliphatic rings. The van der Waals surface area contributed by atoms with Crippen LogP contribution in [-0.2, 0) is 16.9 Å². The third-order valence-electron chi connectivity index (χ3n) is 7.83. The Labute approximate surface area is 237 Å². The van der Waals surface area contributed by atoms with Gasteiger partial charge in [0, 0.05) is 39.7 Å². The average Bonchev–Trinajstić information content (AvgIpc) is 3.34. The van der Waals surface area contributed by atoms with Crippen LogP contribution in [0.25, 0.3) is 44.0 Å². The number of terminal acetylenes is 1. The van der Waals surface area contributed by atoms with Gasteiger partial charge in [0.15, 0.2) is 11.2 Å². The first-order valence-corrected chi connectivity index (χ1v) is 15.0. The number of hydrogen-bond donors (Lipinski definition) is 2. The van der Waals surface area contributed by atoms with Gasteiger partial charge in [-0.05, 0) is 80.2 Å². The first-order valence-electron chi connectivity index (χ1n) is 13.7. The van der Waals surface area contributed by atoms with Crippen LogP contribution in [0.1, 0.15) is 49.8 Å². The molecule has 0 radical (unpaired) electrons. The number of unbranched alkanes of at least 4 members (excludes halogenated alkanes) is 1. The molecule has 0 unspecified atom stereocenters. The van der Waals surface area contributed by atoms with E-state index in [1.807, 2.05) is 30.3 Å². The van der Waals surface area contributed by atoms with Crippen LogP contribution < -0.4 is 14.9 Å². The van der Waals surface area contributed by atoms with Gasteiger partial charge < -0.3 is 19.1 Å². The molecule has 0 atom stereocenters. The first-order chi connectivity index (χ1) is 19.8. The second kappa shape index (κ2) is 10.7. The Bertz CT molecular complexity index is 2020. The molecule has 0 bridgehead atoms. The monoisotopic (exact) mass is 572 g/mol. The SMILES string of the molecule is C#Cc1ccc2c(c1)[nH]c1c2c(=O)c2cc(CCCC)c(-c3cncc(OS(=O)(=O)F)c3)cc2n1C1CCNCC1. The maximum absolute atomic E-state index is 14.2. The lowest BCUT2D eigenvalue weighted by molar-refractivity contribution is 0.381. The van der Waals surface area contributed by atoms with Crippen molar-refractivity contribution in [2.24, 2.45) is 0 Å². The van der Waals surface area contributed by atoms with Gasteiger partial charge in [0.05, 0.1) is 17.1 Å². The van der Waals surface area contributed by atoms with Crippen molar-refractivity contribution in [3.8, 4) is 29.2 Å². The van der Waals surface area contributed by atoms with Crippen LogP contribution in [0, 0.1) is 12.3 Å². The van der Waals surface area contributed by atoms with Crippen LogP contribution in [0.5, 0.6) is 5.75 Å². The summed E-state index contributed by atoms with van der Waals surface area (Å²) in [6, 6.07) is 11.2. The highest BCUT2D eigenvalue weighted by molar-refractivity contribution is 7.81. The van der Waals surface area contributed by atoms with E-state index in [-0.39, 0.29) is 17.2 Å². The molecule has 8 nitrogen and oxygen atoms in total. The van der Waals surface area contributed by atoms with Crippen molar-refractivity contribution >= 4 is 43.3 Å². The van der Waals surface area contributed by atoms with Crippen LogP contribution in [0.4, 0.5) is 3.89 Å². The van der Waals surface area contributed by atoms with E-state index in [4.69, 9.17) is 6.42 Å². The topological polar surface area (TPSA) is 106 Å². The van der Waals surface area contributed by atoms with E-state index < -0.39 is 10.5 Å². The fraction of sp³-hybridized carbons (Fsp3) is 0.290. The van der Waals surface area contributed by atoms with E-state index in [0.717, 1.165) is 83.7 Å². The van der Waals surface area contributed by atoms with Gasteiger partial charge in [-0.2, -0.15) is 8.42 Å². The molecule has 10 heteroatoms. The van der Waals surface area contributed by atoms with Gasteiger partial charge in [-0.1, -0.05) is 29.2 Å². The summed E-state index contributed by atoms with van der Waals surface area (Å²) in [5.74, 6) is 2.45. The summed E-state index contributed by atoms with van der Waals surface area (Å²) in [5.41, 5.74) is 5.24. The zero-order chi connectivity index (χ0) is 28.7. The van der Waals surface area contributed by atoms with Crippen molar-refractivity contribution in [3.63, 3.8) is 0 Å². The summed E-state index contributed by atoms with van der Waals surface area (Å²) in [4.78, 5) is 21.8. The van der Waals surface area contributed by atoms with E-state index in [1.165, 1.54) is 6.07 Å². The van der Waals surface area contributed by atoms with Gasteiger partial charge in [0.25, 0.3) is 0 Å². The molecule has 1 fully saturated rings. The lowest BCUT2D eigenvalue weighted by Gasteiger charge is -2.28. The van der Waals surface area contributed by atoms with Crippen LogP contribution >= 0.6 is 0 Å². The summed E-state index contributed by atoms with van der Waals surface area (Å²) in [7, 11) is -5.21. The molecule has 1 saturated heterocycles. The molecule has 210 valence electrons. The van der Waals surface area contributed by atoms with E-state index in [2.05, 4.69) is 36.9 Å². The fourth-order valence-electron chi connectivity index (χ4n) is 5.97. The predicted molar refractivity (Wildman–Crippen MR) is 159 cm³/mol. The molecular weight excluding hydrogens is 543 g/mol. The second-order valence-electron chi connectivity index (χ2n) is 10.4. The normalized spacial score (nSPS) is 14.6. The number of benzene rings is 2. The zero-order valence-electron chi connectivity index (χ0n) is 22.5. The molecule has 41 heavy (non-hydrogen) atoms. The number of aryl methyl sites for hydroxylation is 1. The minimum atomic E-state index is -5.21. The number of fused-ring (bicyclic) bond motifs is 4. The van der Waals surface area contributed by atoms with Gasteiger partial charge in [-0.25, -0.2) is 0 Å². The second-order valence-corrected chi connectivity index (χ2v) is 11.4. The van der Waals surface area contributed by atoms with Crippen LogP contribution in [0.2, 0.25) is 0 Å². The van der Waals surface area contributed by atoms with Gasteiger partial charge in [-0.3, -0.25) is 9.78 Å². The number of hydrogen-bond acceptors (Lipinski definition) is 6. The molecule has 1 aliphatic heterocycles. The Morgan fingerprint density at radius 2 is 1.95 bits per heavy atom. The van der Waals surface area contributed by atoms with E-state index in [0.29, 0.717) is 22.8 Å². The summed E-state index contributed by atoms with van der Waals surface area (Å²) >= 11 is 0. The van der Waals surface area contributed by atoms with Gasteiger partial charge in [-0.15, -0.1) is 6.42 Å². The highest BCUT2D eigenvalue weighted by atomic mass is 32.3. The molecule has 0 aliphatic carbocycles. The highest BCUT2D eigenvalue weighted by Crippen LogP contribution is 2.36. The average molecular weight is 573 g/mol. The molecule has 2 aromatic carbocycles. The van der Waals surface area contributed by atoms with Crippen LogP contribution in [0.15, 0.2) is 53.6 Å². The summed E-state index contributed by atoms with van der Waals surface area (Å²) in [6.07, 6.45) is 12.7. The lowest BCUT2D eigenvalue weighted by atomic mass is 9.93. The molecule has 3 aromatic heterocycles. The maximum atomic E-state index is 14.2. The van der Waals surface area contributed by atoms with Gasteiger partial charge >= 0.3 is 10.5 Å². The van der Waals surface area contributed by atoms with Crippen molar-refractivity contribution in [1.82, 2.24) is 19.9 Å². The minimum absolute atomic E-state index is 0.0667. The molecule has 6 rings (SSSR count). The van der Waals surface area contributed by atoms with Crippen molar-refractivity contribution in [1.29, 1.82) is 0 Å². The number of pyridine rings is 2. The minimum Gasteiger partial charge on any atom is -0.357 e. The summed E-state index contributed by atoms with van der Waals surface area (Å²) in [5, 5.41) is 5.49. The molecule has 0 spiro atoms. The molecular formula is C31H29FN4O4S. The van der Waals surface area contributed by atoms with Crippen molar-refractivity contribution in [2.75, 3.05) is 13.1 Å².